The molecular weight excluding hydrogens is 462 g/mol. The fourth-order valence-electron chi connectivity index (χ4n) is 3.62. The summed E-state index contributed by atoms with van der Waals surface area (Å²) in [6.45, 7) is 7.39. The molecule has 0 aliphatic rings. The Morgan fingerprint density at radius 1 is 1.06 bits per heavy atom. The molecule has 1 N–H and O–H groups in total. The Morgan fingerprint density at radius 3 is 2.30 bits per heavy atom. The van der Waals surface area contributed by atoms with E-state index in [2.05, 4.69) is 5.32 Å². The zero-order valence-corrected chi connectivity index (χ0v) is 21.3. The average molecular weight is 494 g/mol. The van der Waals surface area contributed by atoms with E-state index in [1.54, 1.807) is 43.3 Å². The van der Waals surface area contributed by atoms with Crippen molar-refractivity contribution in [2.24, 2.45) is 0 Å². The van der Waals surface area contributed by atoms with Gasteiger partial charge in [0.25, 0.3) is 0 Å². The maximum Gasteiger partial charge on any atom is 0.244 e. The third kappa shape index (κ3) is 6.71. The molecule has 0 saturated carbocycles. The molecule has 0 aliphatic carbocycles. The van der Waals surface area contributed by atoms with E-state index in [1.807, 2.05) is 26.8 Å². The highest BCUT2D eigenvalue weighted by Gasteiger charge is 2.32. The lowest BCUT2D eigenvalue weighted by Crippen LogP contribution is -2.52. The number of benzene rings is 2. The molecule has 0 bridgehead atoms. The second-order valence-corrected chi connectivity index (χ2v) is 10.2. The normalized spacial score (nSPS) is 12.2. The molecule has 0 radical (unpaired) electrons. The van der Waals surface area contributed by atoms with Crippen LogP contribution in [0.2, 0.25) is 5.02 Å². The van der Waals surface area contributed by atoms with E-state index >= 15 is 0 Å². The molecule has 9 heteroatoms. The highest BCUT2D eigenvalue weighted by atomic mass is 35.5. The second-order valence-electron chi connectivity index (χ2n) is 7.92. The van der Waals surface area contributed by atoms with Gasteiger partial charge in [0.05, 0.1) is 11.9 Å². The third-order valence-electron chi connectivity index (χ3n) is 5.56. The van der Waals surface area contributed by atoms with E-state index in [1.165, 1.54) is 4.90 Å². The number of sulfonamides is 1. The van der Waals surface area contributed by atoms with Gasteiger partial charge in [-0.15, -0.1) is 0 Å². The maximum atomic E-state index is 13.6. The van der Waals surface area contributed by atoms with Crippen LogP contribution in [0.15, 0.2) is 42.5 Å². The van der Waals surface area contributed by atoms with Gasteiger partial charge >= 0.3 is 0 Å². The lowest BCUT2D eigenvalue weighted by atomic mass is 10.1. The summed E-state index contributed by atoms with van der Waals surface area (Å²) in [4.78, 5) is 27.8. The molecule has 1 atom stereocenters. The van der Waals surface area contributed by atoms with Crippen molar-refractivity contribution < 1.29 is 18.0 Å². The minimum Gasteiger partial charge on any atom is -0.355 e. The lowest BCUT2D eigenvalue weighted by molar-refractivity contribution is -0.140. The van der Waals surface area contributed by atoms with E-state index in [4.69, 9.17) is 11.6 Å². The van der Waals surface area contributed by atoms with Crippen molar-refractivity contribution in [2.75, 3.05) is 23.7 Å². The fraction of sp³-hybridized carbons (Fsp3) is 0.417. The maximum absolute atomic E-state index is 13.6. The number of likely N-dealkylation sites (N-methyl/N-ethyl adjacent to an activating group) is 1. The summed E-state index contributed by atoms with van der Waals surface area (Å²) in [5.74, 6) is -0.780. The molecule has 0 aromatic heterocycles. The summed E-state index contributed by atoms with van der Waals surface area (Å²) >= 11 is 6.33. The molecule has 2 aromatic carbocycles. The molecule has 0 heterocycles. The van der Waals surface area contributed by atoms with Gasteiger partial charge < -0.3 is 10.2 Å². The largest absolute Gasteiger partial charge is 0.355 e. The Balaban J connectivity index is 2.49. The van der Waals surface area contributed by atoms with Crippen LogP contribution in [0.3, 0.4) is 0 Å². The summed E-state index contributed by atoms with van der Waals surface area (Å²) in [5, 5.41) is 3.23. The SMILES string of the molecule is CCNC(=O)[C@@H](CC)N(Cc1ccccc1Cl)C(=O)CN(c1cccc(C)c1C)S(C)(=O)=O. The summed E-state index contributed by atoms with van der Waals surface area (Å²) in [6.07, 6.45) is 1.44. The van der Waals surface area contributed by atoms with Crippen molar-refractivity contribution in [3.8, 4) is 0 Å². The highest BCUT2D eigenvalue weighted by molar-refractivity contribution is 7.92. The molecule has 0 spiro atoms. The van der Waals surface area contributed by atoms with Gasteiger partial charge in [0.2, 0.25) is 21.8 Å². The van der Waals surface area contributed by atoms with Gasteiger partial charge in [-0.05, 0) is 56.0 Å². The molecule has 2 aromatic rings. The molecular formula is C24H32ClN3O4S. The standard InChI is InChI=1S/C24H32ClN3O4S/c1-6-21(24(30)26-7-2)27(15-19-12-8-9-13-20(19)25)23(29)16-28(33(5,31)32)22-14-10-11-17(3)18(22)4/h8-14,21H,6-7,15-16H2,1-5H3,(H,26,30)/t21-/m1/s1. The Bertz CT molecular complexity index is 1100. The van der Waals surface area contributed by atoms with Crippen LogP contribution in [-0.4, -0.2) is 50.5 Å². The number of hydrogen-bond donors (Lipinski definition) is 1. The van der Waals surface area contributed by atoms with Gasteiger partial charge in [-0.2, -0.15) is 0 Å². The van der Waals surface area contributed by atoms with Gasteiger partial charge in [-0.3, -0.25) is 13.9 Å². The number of nitrogens with one attached hydrogen (secondary N) is 1. The first-order valence-corrected chi connectivity index (χ1v) is 13.1. The van der Waals surface area contributed by atoms with Crippen LogP contribution in [0.1, 0.15) is 37.0 Å². The fourth-order valence-corrected chi connectivity index (χ4v) is 4.72. The number of carbonyl (C=O) groups excluding carboxylic acids is 2. The first-order valence-electron chi connectivity index (χ1n) is 10.9. The third-order valence-corrected chi connectivity index (χ3v) is 7.05. The van der Waals surface area contributed by atoms with Gasteiger partial charge in [-0.1, -0.05) is 48.9 Å². The first kappa shape index (κ1) is 26.7. The van der Waals surface area contributed by atoms with Crippen molar-refractivity contribution >= 4 is 39.1 Å². The van der Waals surface area contributed by atoms with E-state index in [9.17, 15) is 18.0 Å². The minimum absolute atomic E-state index is 0.0819. The molecule has 2 rings (SSSR count). The molecule has 0 fully saturated rings. The van der Waals surface area contributed by atoms with Crippen molar-refractivity contribution in [3.05, 3.63) is 64.2 Å². The quantitative estimate of drug-likeness (QED) is 0.547. The van der Waals surface area contributed by atoms with Crippen molar-refractivity contribution in [2.45, 2.75) is 46.7 Å². The van der Waals surface area contributed by atoms with Crippen LogP contribution in [0.25, 0.3) is 0 Å². The summed E-state index contributed by atoms with van der Waals surface area (Å²) in [7, 11) is -3.77. The van der Waals surface area contributed by atoms with E-state index in [0.717, 1.165) is 21.7 Å². The van der Waals surface area contributed by atoms with Gasteiger partial charge in [-0.25, -0.2) is 8.42 Å². The predicted molar refractivity (Wildman–Crippen MR) is 133 cm³/mol. The Kier molecular flexibility index (Phi) is 9.31. The first-order chi connectivity index (χ1) is 15.5. The summed E-state index contributed by atoms with van der Waals surface area (Å²) in [5.41, 5.74) is 2.79. The molecule has 33 heavy (non-hydrogen) atoms. The Hall–Kier alpha value is -2.58. The number of aryl methyl sites for hydroxylation is 1. The van der Waals surface area contributed by atoms with Crippen molar-refractivity contribution in [1.82, 2.24) is 10.2 Å². The number of rotatable bonds is 10. The number of hydrogen-bond acceptors (Lipinski definition) is 4. The van der Waals surface area contributed by atoms with Crippen LogP contribution in [0.4, 0.5) is 5.69 Å². The van der Waals surface area contributed by atoms with Crippen LogP contribution in [-0.2, 0) is 26.2 Å². The molecule has 2 amide bonds. The van der Waals surface area contributed by atoms with E-state index < -0.39 is 28.5 Å². The van der Waals surface area contributed by atoms with Crippen molar-refractivity contribution in [3.63, 3.8) is 0 Å². The van der Waals surface area contributed by atoms with Gasteiger partial charge in [0.15, 0.2) is 0 Å². The number of halogens is 1. The second kappa shape index (κ2) is 11.5. The number of nitrogens with zero attached hydrogens (tertiary/aromatic N) is 2. The molecule has 0 saturated heterocycles. The monoisotopic (exact) mass is 493 g/mol. The van der Waals surface area contributed by atoms with Crippen LogP contribution < -0.4 is 9.62 Å². The zero-order valence-electron chi connectivity index (χ0n) is 19.8. The van der Waals surface area contributed by atoms with Crippen LogP contribution in [0, 0.1) is 13.8 Å². The minimum atomic E-state index is -3.77. The van der Waals surface area contributed by atoms with Crippen LogP contribution >= 0.6 is 11.6 Å². The highest BCUT2D eigenvalue weighted by Crippen LogP contribution is 2.26. The number of carbonyl (C=O) groups is 2. The number of anilines is 1. The van der Waals surface area contributed by atoms with Crippen LogP contribution in [0.5, 0.6) is 0 Å². The zero-order chi connectivity index (χ0) is 24.8. The Morgan fingerprint density at radius 2 is 1.73 bits per heavy atom. The topological polar surface area (TPSA) is 86.8 Å². The van der Waals surface area contributed by atoms with E-state index in [0.29, 0.717) is 29.2 Å². The smallest absolute Gasteiger partial charge is 0.244 e. The Labute approximate surface area is 201 Å². The average Bonchev–Trinajstić information content (AvgIpc) is 2.74. The van der Waals surface area contributed by atoms with Crippen molar-refractivity contribution in [1.29, 1.82) is 0 Å². The molecule has 0 aliphatic heterocycles. The van der Waals surface area contributed by atoms with E-state index in [-0.39, 0.29) is 12.5 Å². The summed E-state index contributed by atoms with van der Waals surface area (Å²) in [6, 6.07) is 11.6. The number of amides is 2. The van der Waals surface area contributed by atoms with Gasteiger partial charge in [0.1, 0.15) is 12.6 Å². The molecule has 7 nitrogen and oxygen atoms in total. The summed E-state index contributed by atoms with van der Waals surface area (Å²) < 4.78 is 26.5. The lowest BCUT2D eigenvalue weighted by Gasteiger charge is -2.33. The molecule has 180 valence electrons. The van der Waals surface area contributed by atoms with Gasteiger partial charge in [0, 0.05) is 18.1 Å². The predicted octanol–water partition coefficient (Wildman–Crippen LogP) is 3.67. The molecule has 0 unspecified atom stereocenters.